The van der Waals surface area contributed by atoms with Crippen LogP contribution in [0.5, 0.6) is 11.6 Å². The minimum atomic E-state index is -4.90. The molecule has 1 aromatic carbocycles. The Balaban J connectivity index is 2.19. The van der Waals surface area contributed by atoms with E-state index in [9.17, 15) is 18.0 Å². The van der Waals surface area contributed by atoms with E-state index in [2.05, 4.69) is 25.7 Å². The summed E-state index contributed by atoms with van der Waals surface area (Å²) in [5, 5.41) is 0.427. The summed E-state index contributed by atoms with van der Waals surface area (Å²) < 4.78 is 52.4. The molecule has 0 radical (unpaired) electrons. The summed E-state index contributed by atoms with van der Waals surface area (Å²) in [6, 6.07) is 8.46. The molecule has 3 aromatic rings. The zero-order valence-corrected chi connectivity index (χ0v) is 14.1. The van der Waals surface area contributed by atoms with Crippen LogP contribution in [0.4, 0.5) is 13.2 Å². The molecule has 0 aliphatic heterocycles. The van der Waals surface area contributed by atoms with E-state index in [0.29, 0.717) is 9.86 Å². The van der Waals surface area contributed by atoms with Gasteiger partial charge in [0, 0.05) is 21.5 Å². The van der Waals surface area contributed by atoms with E-state index in [0.717, 1.165) is 6.07 Å². The molecule has 0 aliphatic rings. The molecule has 0 unspecified atom stereocenters. The van der Waals surface area contributed by atoms with Gasteiger partial charge in [0.05, 0.1) is 12.7 Å². The van der Waals surface area contributed by atoms with Gasteiger partial charge in [-0.15, -0.1) is 13.2 Å². The molecule has 0 spiro atoms. The summed E-state index contributed by atoms with van der Waals surface area (Å²) in [7, 11) is 1.41. The minimum absolute atomic E-state index is 0.0171. The summed E-state index contributed by atoms with van der Waals surface area (Å²) in [5.41, 5.74) is -0.954. The number of halogens is 4. The Morgan fingerprint density at radius 2 is 1.88 bits per heavy atom. The average Bonchev–Trinajstić information content (AvgIpc) is 2.52. The predicted octanol–water partition coefficient (Wildman–Crippen LogP) is 4.52. The largest absolute Gasteiger partial charge is 0.573 e. The average molecular weight is 416 g/mol. The molecular weight excluding hydrogens is 407 g/mol. The van der Waals surface area contributed by atoms with Gasteiger partial charge in [-0.05, 0) is 30.3 Å². The first-order chi connectivity index (χ1) is 11.8. The quantitative estimate of drug-likeness (QED) is 0.628. The van der Waals surface area contributed by atoms with Gasteiger partial charge in [0.2, 0.25) is 11.6 Å². The predicted molar refractivity (Wildman–Crippen MR) is 86.7 cm³/mol. The molecule has 5 nitrogen and oxygen atoms in total. The van der Waals surface area contributed by atoms with Gasteiger partial charge in [-0.2, -0.15) is 4.98 Å². The standard InChI is InChI=1S/C16H9BrF3NO4/c1-23-13-5-2-8-6-11(15(22)24-14(8)21-13)10-4-3-9(17)7-12(10)25-16(18,19)20/h2-7H,1H3. The molecule has 0 N–H and O–H groups in total. The van der Waals surface area contributed by atoms with Crippen molar-refractivity contribution in [1.29, 1.82) is 0 Å². The molecule has 0 amide bonds. The first-order valence-electron chi connectivity index (χ1n) is 6.81. The molecule has 0 fully saturated rings. The summed E-state index contributed by atoms with van der Waals surface area (Å²) in [5.74, 6) is -0.275. The lowest BCUT2D eigenvalue weighted by molar-refractivity contribution is -0.274. The maximum absolute atomic E-state index is 12.6. The van der Waals surface area contributed by atoms with Gasteiger partial charge in [-0.25, -0.2) is 4.79 Å². The highest BCUT2D eigenvalue weighted by atomic mass is 79.9. The van der Waals surface area contributed by atoms with Crippen LogP contribution in [0.15, 0.2) is 50.1 Å². The Kier molecular flexibility index (Phi) is 4.42. The molecule has 0 bridgehead atoms. The second-order valence-corrected chi connectivity index (χ2v) is 5.80. The number of hydrogen-bond acceptors (Lipinski definition) is 5. The number of rotatable bonds is 3. The fourth-order valence-corrected chi connectivity index (χ4v) is 2.55. The lowest BCUT2D eigenvalue weighted by Crippen LogP contribution is -2.18. The second-order valence-electron chi connectivity index (χ2n) is 4.88. The van der Waals surface area contributed by atoms with Gasteiger partial charge in [-0.1, -0.05) is 15.9 Å². The van der Waals surface area contributed by atoms with Crippen molar-refractivity contribution in [2.24, 2.45) is 0 Å². The van der Waals surface area contributed by atoms with Gasteiger partial charge >= 0.3 is 12.0 Å². The van der Waals surface area contributed by atoms with Crippen LogP contribution in [0.25, 0.3) is 22.2 Å². The van der Waals surface area contributed by atoms with Crippen LogP contribution in [0.2, 0.25) is 0 Å². The third kappa shape index (κ3) is 3.76. The van der Waals surface area contributed by atoms with E-state index in [1.165, 1.54) is 25.3 Å². The van der Waals surface area contributed by atoms with Crippen LogP contribution in [0.1, 0.15) is 0 Å². The molecular formula is C16H9BrF3NO4. The van der Waals surface area contributed by atoms with Crippen molar-refractivity contribution in [3.63, 3.8) is 0 Å². The number of fused-ring (bicyclic) bond motifs is 1. The van der Waals surface area contributed by atoms with E-state index >= 15 is 0 Å². The summed E-state index contributed by atoms with van der Waals surface area (Å²) in [4.78, 5) is 16.2. The molecule has 9 heteroatoms. The highest BCUT2D eigenvalue weighted by molar-refractivity contribution is 9.10. The van der Waals surface area contributed by atoms with E-state index in [1.54, 1.807) is 12.1 Å². The molecule has 2 aromatic heterocycles. The summed E-state index contributed by atoms with van der Waals surface area (Å²) in [6.07, 6.45) is -4.90. The fraction of sp³-hybridized carbons (Fsp3) is 0.125. The maximum Gasteiger partial charge on any atom is 0.573 e. The maximum atomic E-state index is 12.6. The Labute approximate surface area is 147 Å². The number of alkyl halides is 3. The van der Waals surface area contributed by atoms with Crippen molar-refractivity contribution in [3.05, 3.63) is 51.3 Å². The molecule has 2 heterocycles. The molecule has 3 rings (SSSR count). The molecule has 0 atom stereocenters. The zero-order valence-electron chi connectivity index (χ0n) is 12.6. The Morgan fingerprint density at radius 3 is 2.56 bits per heavy atom. The SMILES string of the molecule is COc1ccc2cc(-c3ccc(Br)cc3OC(F)(F)F)c(=O)oc2n1. The number of ether oxygens (including phenoxy) is 2. The Hall–Kier alpha value is -2.55. The second kappa shape index (κ2) is 6.40. The van der Waals surface area contributed by atoms with E-state index in [-0.39, 0.29) is 22.7 Å². The number of pyridine rings is 1. The topological polar surface area (TPSA) is 61.6 Å². The smallest absolute Gasteiger partial charge is 0.481 e. The first kappa shape index (κ1) is 17.3. The molecule has 0 saturated heterocycles. The highest BCUT2D eigenvalue weighted by Gasteiger charge is 2.32. The van der Waals surface area contributed by atoms with Crippen molar-refractivity contribution in [3.8, 4) is 22.8 Å². The number of aromatic nitrogens is 1. The van der Waals surface area contributed by atoms with Crippen molar-refractivity contribution < 1.29 is 27.1 Å². The molecule has 0 saturated carbocycles. The van der Waals surface area contributed by atoms with E-state index < -0.39 is 17.7 Å². The first-order valence-corrected chi connectivity index (χ1v) is 7.61. The molecule has 25 heavy (non-hydrogen) atoms. The van der Waals surface area contributed by atoms with Crippen LogP contribution in [0.3, 0.4) is 0 Å². The normalized spacial score (nSPS) is 11.6. The number of benzene rings is 1. The summed E-state index contributed by atoms with van der Waals surface area (Å²) >= 11 is 3.08. The van der Waals surface area contributed by atoms with E-state index in [4.69, 9.17) is 9.15 Å². The monoisotopic (exact) mass is 415 g/mol. The zero-order chi connectivity index (χ0) is 18.2. The minimum Gasteiger partial charge on any atom is -0.481 e. The van der Waals surface area contributed by atoms with Crippen LogP contribution >= 0.6 is 15.9 Å². The Bertz CT molecular complexity index is 1000. The van der Waals surface area contributed by atoms with Crippen LogP contribution < -0.4 is 15.1 Å². The van der Waals surface area contributed by atoms with Gasteiger partial charge < -0.3 is 13.9 Å². The van der Waals surface area contributed by atoms with Crippen molar-refractivity contribution in [1.82, 2.24) is 4.98 Å². The Morgan fingerprint density at radius 1 is 1.12 bits per heavy atom. The van der Waals surface area contributed by atoms with Crippen LogP contribution in [-0.2, 0) is 0 Å². The van der Waals surface area contributed by atoms with Gasteiger partial charge in [0.15, 0.2) is 0 Å². The number of nitrogens with zero attached hydrogens (tertiary/aromatic N) is 1. The number of methoxy groups -OCH3 is 1. The van der Waals surface area contributed by atoms with Gasteiger partial charge in [0.25, 0.3) is 0 Å². The summed E-state index contributed by atoms with van der Waals surface area (Å²) in [6.45, 7) is 0. The van der Waals surface area contributed by atoms with Crippen LogP contribution in [0, 0.1) is 0 Å². The molecule has 0 aliphatic carbocycles. The fourth-order valence-electron chi connectivity index (χ4n) is 2.21. The van der Waals surface area contributed by atoms with Crippen molar-refractivity contribution in [2.75, 3.05) is 7.11 Å². The lowest BCUT2D eigenvalue weighted by Gasteiger charge is -2.13. The molecule has 130 valence electrons. The third-order valence-electron chi connectivity index (χ3n) is 3.24. The lowest BCUT2D eigenvalue weighted by atomic mass is 10.1. The highest BCUT2D eigenvalue weighted by Crippen LogP contribution is 2.35. The van der Waals surface area contributed by atoms with Crippen LogP contribution in [-0.4, -0.2) is 18.5 Å². The third-order valence-corrected chi connectivity index (χ3v) is 3.74. The van der Waals surface area contributed by atoms with Gasteiger partial charge in [-0.3, -0.25) is 0 Å². The van der Waals surface area contributed by atoms with Crippen molar-refractivity contribution >= 4 is 27.0 Å². The van der Waals surface area contributed by atoms with Gasteiger partial charge in [0.1, 0.15) is 5.75 Å². The van der Waals surface area contributed by atoms with E-state index in [1.807, 2.05) is 0 Å². The van der Waals surface area contributed by atoms with Crippen molar-refractivity contribution in [2.45, 2.75) is 6.36 Å². The number of hydrogen-bond donors (Lipinski definition) is 0.